The Morgan fingerprint density at radius 3 is 2.72 bits per heavy atom. The molecule has 3 nitrogen and oxygen atoms in total. The fourth-order valence-electron chi connectivity index (χ4n) is 2.38. The maximum Gasteiger partial charge on any atom is 0.0644 e. The van der Waals surface area contributed by atoms with E-state index in [1.165, 1.54) is 35.5 Å². The smallest absolute Gasteiger partial charge is 0.0644 e. The Morgan fingerprint density at radius 2 is 2.11 bits per heavy atom. The van der Waals surface area contributed by atoms with Crippen molar-refractivity contribution in [3.8, 4) is 0 Å². The van der Waals surface area contributed by atoms with Gasteiger partial charge in [0.05, 0.1) is 5.69 Å². The summed E-state index contributed by atoms with van der Waals surface area (Å²) in [5, 5.41) is 8.23. The Bertz CT molecular complexity index is 360. The van der Waals surface area contributed by atoms with E-state index in [2.05, 4.69) is 49.0 Å². The minimum Gasteiger partial charge on any atom is -0.310 e. The van der Waals surface area contributed by atoms with Gasteiger partial charge in [-0.1, -0.05) is 6.92 Å². The zero-order valence-electron chi connectivity index (χ0n) is 12.4. The van der Waals surface area contributed by atoms with Gasteiger partial charge in [0.2, 0.25) is 0 Å². The van der Waals surface area contributed by atoms with Crippen LogP contribution in [0.3, 0.4) is 0 Å². The first-order valence-electron chi connectivity index (χ1n) is 6.88. The Kier molecular flexibility index (Phi) is 6.79. The van der Waals surface area contributed by atoms with Crippen LogP contribution in [0.15, 0.2) is 0 Å². The summed E-state index contributed by atoms with van der Waals surface area (Å²) in [5.74, 6) is 1.21. The molecule has 1 unspecified atom stereocenters. The third-order valence-corrected chi connectivity index (χ3v) is 3.99. The highest BCUT2D eigenvalue weighted by Crippen LogP contribution is 2.21. The first kappa shape index (κ1) is 15.6. The summed E-state index contributed by atoms with van der Waals surface area (Å²) in [4.78, 5) is 0. The monoisotopic (exact) mass is 269 g/mol. The van der Waals surface area contributed by atoms with E-state index >= 15 is 0 Å². The lowest BCUT2D eigenvalue weighted by molar-refractivity contribution is 0.558. The number of hydrogen-bond acceptors (Lipinski definition) is 3. The molecule has 0 aromatic carbocycles. The summed E-state index contributed by atoms with van der Waals surface area (Å²) in [6, 6.07) is 0.402. The average molecular weight is 269 g/mol. The fraction of sp³-hybridized carbons (Fsp3) is 0.786. The zero-order chi connectivity index (χ0) is 13.5. The molecule has 0 spiro atoms. The number of hydrogen-bond donors (Lipinski definition) is 1. The molecule has 4 heteroatoms. The molecule has 104 valence electrons. The third kappa shape index (κ3) is 4.02. The van der Waals surface area contributed by atoms with Gasteiger partial charge in [-0.3, -0.25) is 4.68 Å². The number of aryl methyl sites for hydroxylation is 2. The number of thioether (sulfide) groups is 1. The van der Waals surface area contributed by atoms with Gasteiger partial charge in [-0.2, -0.15) is 16.9 Å². The standard InChI is InChI=1S/C14H27N3S/c1-6-8-15-11(2)14-12(3)16-17(13(14)4)9-7-10-18-5/h11,15H,6-10H2,1-5H3. The number of rotatable bonds is 8. The van der Waals surface area contributed by atoms with Crippen LogP contribution in [0.1, 0.15) is 49.7 Å². The van der Waals surface area contributed by atoms with E-state index in [0.29, 0.717) is 6.04 Å². The summed E-state index contributed by atoms with van der Waals surface area (Å²) >= 11 is 1.90. The second kappa shape index (κ2) is 7.85. The van der Waals surface area contributed by atoms with E-state index in [9.17, 15) is 0 Å². The molecule has 0 aliphatic rings. The lowest BCUT2D eigenvalue weighted by atomic mass is 10.1. The Morgan fingerprint density at radius 1 is 1.39 bits per heavy atom. The van der Waals surface area contributed by atoms with Crippen LogP contribution in [-0.4, -0.2) is 28.3 Å². The van der Waals surface area contributed by atoms with Crippen molar-refractivity contribution in [3.63, 3.8) is 0 Å². The van der Waals surface area contributed by atoms with Crippen LogP contribution in [0.25, 0.3) is 0 Å². The van der Waals surface area contributed by atoms with Crippen LogP contribution in [0.4, 0.5) is 0 Å². The molecule has 0 aliphatic heterocycles. The fourth-order valence-corrected chi connectivity index (χ4v) is 2.79. The first-order chi connectivity index (χ1) is 8.61. The van der Waals surface area contributed by atoms with Gasteiger partial charge in [0.25, 0.3) is 0 Å². The van der Waals surface area contributed by atoms with Crippen LogP contribution in [0.2, 0.25) is 0 Å². The summed E-state index contributed by atoms with van der Waals surface area (Å²) in [6.45, 7) is 10.9. The van der Waals surface area contributed by atoms with Crippen molar-refractivity contribution in [2.75, 3.05) is 18.6 Å². The highest BCUT2D eigenvalue weighted by molar-refractivity contribution is 7.98. The van der Waals surface area contributed by atoms with E-state index in [0.717, 1.165) is 13.1 Å². The molecule has 0 amide bonds. The quantitative estimate of drug-likeness (QED) is 0.734. The molecule has 1 N–H and O–H groups in total. The average Bonchev–Trinajstić information content (AvgIpc) is 2.62. The highest BCUT2D eigenvalue weighted by Gasteiger charge is 2.16. The molecule has 18 heavy (non-hydrogen) atoms. The van der Waals surface area contributed by atoms with Crippen molar-refractivity contribution in [1.29, 1.82) is 0 Å². The molecule has 0 saturated carbocycles. The molecule has 1 aromatic rings. The number of nitrogens with zero attached hydrogens (tertiary/aromatic N) is 2. The summed E-state index contributed by atoms with van der Waals surface area (Å²) in [7, 11) is 0. The lowest BCUT2D eigenvalue weighted by Gasteiger charge is -2.14. The van der Waals surface area contributed by atoms with Gasteiger partial charge in [0, 0.05) is 23.8 Å². The second-order valence-electron chi connectivity index (χ2n) is 4.83. The van der Waals surface area contributed by atoms with Gasteiger partial charge in [-0.05, 0) is 52.2 Å². The Hall–Kier alpha value is -0.480. The van der Waals surface area contributed by atoms with Gasteiger partial charge in [-0.15, -0.1) is 0 Å². The second-order valence-corrected chi connectivity index (χ2v) is 5.82. The van der Waals surface area contributed by atoms with Gasteiger partial charge in [0.15, 0.2) is 0 Å². The van der Waals surface area contributed by atoms with Crippen molar-refractivity contribution in [1.82, 2.24) is 15.1 Å². The summed E-state index contributed by atoms with van der Waals surface area (Å²) in [6.07, 6.45) is 4.52. The topological polar surface area (TPSA) is 29.9 Å². The lowest BCUT2D eigenvalue weighted by Crippen LogP contribution is -2.20. The molecule has 0 aliphatic carbocycles. The Balaban J connectivity index is 2.73. The van der Waals surface area contributed by atoms with Crippen LogP contribution < -0.4 is 5.32 Å². The molecule has 1 heterocycles. The molecule has 0 saturated heterocycles. The summed E-state index contributed by atoms with van der Waals surface area (Å²) < 4.78 is 2.17. The largest absolute Gasteiger partial charge is 0.310 e. The van der Waals surface area contributed by atoms with E-state index < -0.39 is 0 Å². The van der Waals surface area contributed by atoms with Crippen molar-refractivity contribution >= 4 is 11.8 Å². The van der Waals surface area contributed by atoms with Gasteiger partial charge in [-0.25, -0.2) is 0 Å². The van der Waals surface area contributed by atoms with E-state index in [4.69, 9.17) is 0 Å². The van der Waals surface area contributed by atoms with Crippen molar-refractivity contribution < 1.29 is 0 Å². The number of nitrogens with one attached hydrogen (secondary N) is 1. The van der Waals surface area contributed by atoms with Gasteiger partial charge >= 0.3 is 0 Å². The van der Waals surface area contributed by atoms with Crippen LogP contribution in [0.5, 0.6) is 0 Å². The molecular formula is C14H27N3S. The minimum absolute atomic E-state index is 0.402. The van der Waals surface area contributed by atoms with Crippen LogP contribution in [0, 0.1) is 13.8 Å². The molecule has 1 atom stereocenters. The van der Waals surface area contributed by atoms with Crippen LogP contribution in [-0.2, 0) is 6.54 Å². The predicted molar refractivity (Wildman–Crippen MR) is 81.4 cm³/mol. The first-order valence-corrected chi connectivity index (χ1v) is 8.27. The maximum absolute atomic E-state index is 4.68. The van der Waals surface area contributed by atoms with E-state index in [1.807, 2.05) is 11.8 Å². The van der Waals surface area contributed by atoms with Crippen molar-refractivity contribution in [2.45, 2.75) is 53.1 Å². The van der Waals surface area contributed by atoms with Crippen molar-refractivity contribution in [3.05, 3.63) is 17.0 Å². The predicted octanol–water partition coefficient (Wildman–Crippen LogP) is 3.31. The summed E-state index contributed by atoms with van der Waals surface area (Å²) in [5.41, 5.74) is 3.88. The molecule has 0 radical (unpaired) electrons. The molecule has 1 aromatic heterocycles. The van der Waals surface area contributed by atoms with Crippen LogP contribution >= 0.6 is 11.8 Å². The molecular weight excluding hydrogens is 242 g/mol. The van der Waals surface area contributed by atoms with E-state index in [-0.39, 0.29) is 0 Å². The minimum atomic E-state index is 0.402. The van der Waals surface area contributed by atoms with Gasteiger partial charge < -0.3 is 5.32 Å². The zero-order valence-corrected chi connectivity index (χ0v) is 13.2. The van der Waals surface area contributed by atoms with Crippen molar-refractivity contribution in [2.24, 2.45) is 0 Å². The molecule has 0 fully saturated rings. The third-order valence-electron chi connectivity index (χ3n) is 3.29. The SMILES string of the molecule is CCCNC(C)c1c(C)nn(CCCSC)c1C. The van der Waals surface area contributed by atoms with Gasteiger partial charge in [0.1, 0.15) is 0 Å². The molecule has 0 bridgehead atoms. The highest BCUT2D eigenvalue weighted by atomic mass is 32.2. The Labute approximate surface area is 116 Å². The molecule has 1 rings (SSSR count). The maximum atomic E-state index is 4.68. The number of aromatic nitrogens is 2. The normalized spacial score (nSPS) is 12.9. The van der Waals surface area contributed by atoms with E-state index in [1.54, 1.807) is 0 Å².